The van der Waals surface area contributed by atoms with E-state index in [1.165, 1.54) is 18.2 Å². The summed E-state index contributed by atoms with van der Waals surface area (Å²) in [5.41, 5.74) is 0.858. The molecule has 0 heterocycles. The van der Waals surface area contributed by atoms with Crippen LogP contribution in [0, 0.1) is 5.82 Å². The average molecular weight is 187 g/mol. The van der Waals surface area contributed by atoms with Crippen LogP contribution in [0.15, 0.2) is 18.2 Å². The highest BCUT2D eigenvalue weighted by molar-refractivity contribution is 6.67. The summed E-state index contributed by atoms with van der Waals surface area (Å²) >= 11 is 5.22. The summed E-state index contributed by atoms with van der Waals surface area (Å²) in [6, 6.07) is 4.11. The third-order valence-electron chi connectivity index (χ3n) is 1.65. The van der Waals surface area contributed by atoms with Crippen molar-refractivity contribution in [2.24, 2.45) is 0 Å². The summed E-state index contributed by atoms with van der Waals surface area (Å²) in [5.74, 6) is -0.292. The molecule has 0 radical (unpaired) electrons. The van der Waals surface area contributed by atoms with Crippen molar-refractivity contribution in [2.45, 2.75) is 13.3 Å². The molecule has 0 aromatic heterocycles. The lowest BCUT2D eigenvalue weighted by molar-refractivity contribution is 0.108. The van der Waals surface area contributed by atoms with E-state index in [2.05, 4.69) is 0 Å². The van der Waals surface area contributed by atoms with Crippen molar-refractivity contribution in [3.05, 3.63) is 35.1 Å². The van der Waals surface area contributed by atoms with Crippen LogP contribution in [-0.2, 0) is 6.42 Å². The normalized spacial score (nSPS) is 9.92. The predicted molar refractivity (Wildman–Crippen MR) is 46.0 cm³/mol. The molecule has 0 saturated carbocycles. The van der Waals surface area contributed by atoms with E-state index in [-0.39, 0.29) is 5.82 Å². The van der Waals surface area contributed by atoms with Crippen molar-refractivity contribution in [3.8, 4) is 0 Å². The molecule has 1 aromatic carbocycles. The average Bonchev–Trinajstić information content (AvgIpc) is 2.05. The Bertz CT molecular complexity index is 309. The molecule has 3 heteroatoms. The first-order valence-corrected chi connectivity index (χ1v) is 4.01. The Morgan fingerprint density at radius 2 is 2.25 bits per heavy atom. The Balaban J connectivity index is 3.13. The lowest BCUT2D eigenvalue weighted by atomic mass is 10.1. The second-order valence-corrected chi connectivity index (χ2v) is 2.78. The third-order valence-corrected chi connectivity index (χ3v) is 1.87. The van der Waals surface area contributed by atoms with Gasteiger partial charge < -0.3 is 0 Å². The molecular weight excluding hydrogens is 179 g/mol. The van der Waals surface area contributed by atoms with Crippen LogP contribution < -0.4 is 0 Å². The van der Waals surface area contributed by atoms with Gasteiger partial charge in [0.2, 0.25) is 0 Å². The Kier molecular flexibility index (Phi) is 2.82. The highest BCUT2D eigenvalue weighted by atomic mass is 35.5. The monoisotopic (exact) mass is 186 g/mol. The number of rotatable bonds is 2. The minimum absolute atomic E-state index is 0.292. The van der Waals surface area contributed by atoms with E-state index in [0.717, 1.165) is 0 Å². The maximum Gasteiger partial charge on any atom is 0.252 e. The molecule has 0 unspecified atom stereocenters. The minimum atomic E-state index is -0.551. The second kappa shape index (κ2) is 3.68. The van der Waals surface area contributed by atoms with Gasteiger partial charge in [-0.2, -0.15) is 0 Å². The Hall–Kier alpha value is -0.890. The van der Waals surface area contributed by atoms with Crippen LogP contribution in [0.1, 0.15) is 22.8 Å². The van der Waals surface area contributed by atoms with Crippen LogP contribution in [0.2, 0.25) is 0 Å². The molecular formula is C9H8ClFO. The summed E-state index contributed by atoms with van der Waals surface area (Å²) in [6.45, 7) is 1.82. The van der Waals surface area contributed by atoms with Crippen LogP contribution >= 0.6 is 11.6 Å². The van der Waals surface area contributed by atoms with Crippen molar-refractivity contribution in [3.63, 3.8) is 0 Å². The molecule has 0 aliphatic carbocycles. The number of halogens is 2. The number of carbonyl (C=O) groups is 1. The van der Waals surface area contributed by atoms with Gasteiger partial charge in [0.25, 0.3) is 5.24 Å². The molecule has 1 aromatic rings. The van der Waals surface area contributed by atoms with Crippen molar-refractivity contribution < 1.29 is 9.18 Å². The number of hydrogen-bond donors (Lipinski definition) is 0. The van der Waals surface area contributed by atoms with E-state index in [0.29, 0.717) is 17.5 Å². The molecule has 0 fully saturated rings. The summed E-state index contributed by atoms with van der Waals surface area (Å²) in [6.07, 6.45) is 0.559. The maximum atomic E-state index is 12.9. The molecule has 1 rings (SSSR count). The van der Waals surface area contributed by atoms with Gasteiger partial charge in [0.1, 0.15) is 5.82 Å². The van der Waals surface area contributed by atoms with E-state index in [1.807, 2.05) is 6.92 Å². The molecule has 0 atom stereocenters. The van der Waals surface area contributed by atoms with Crippen LogP contribution in [0.4, 0.5) is 4.39 Å². The first kappa shape index (κ1) is 9.20. The highest BCUT2D eigenvalue weighted by Crippen LogP contribution is 2.12. The van der Waals surface area contributed by atoms with E-state index < -0.39 is 5.24 Å². The van der Waals surface area contributed by atoms with Crippen LogP contribution in [0.25, 0.3) is 0 Å². The number of benzene rings is 1. The zero-order valence-corrected chi connectivity index (χ0v) is 7.36. The van der Waals surface area contributed by atoms with Gasteiger partial charge in [0, 0.05) is 5.56 Å². The number of carbonyl (C=O) groups excluding carboxylic acids is 1. The van der Waals surface area contributed by atoms with Crippen LogP contribution in [-0.4, -0.2) is 5.24 Å². The van der Waals surface area contributed by atoms with Gasteiger partial charge >= 0.3 is 0 Å². The van der Waals surface area contributed by atoms with Gasteiger partial charge in [0.05, 0.1) is 0 Å². The second-order valence-electron chi connectivity index (χ2n) is 2.43. The first-order chi connectivity index (χ1) is 5.65. The van der Waals surface area contributed by atoms with Gasteiger partial charge in [-0.25, -0.2) is 4.39 Å². The predicted octanol–water partition coefficient (Wildman–Crippen LogP) is 2.77. The molecule has 0 spiro atoms. The third kappa shape index (κ3) is 1.83. The quantitative estimate of drug-likeness (QED) is 0.650. The lowest BCUT2D eigenvalue weighted by Crippen LogP contribution is -1.94. The van der Waals surface area contributed by atoms with Crippen LogP contribution in [0.3, 0.4) is 0 Å². The Labute approximate surface area is 75.2 Å². The van der Waals surface area contributed by atoms with E-state index in [9.17, 15) is 9.18 Å². The van der Waals surface area contributed by atoms with Gasteiger partial charge in [-0.15, -0.1) is 0 Å². The largest absolute Gasteiger partial charge is 0.276 e. The maximum absolute atomic E-state index is 12.9. The van der Waals surface area contributed by atoms with Crippen LogP contribution in [0.5, 0.6) is 0 Å². The molecule has 0 N–H and O–H groups in total. The number of hydrogen-bond acceptors (Lipinski definition) is 1. The van der Waals surface area contributed by atoms with Gasteiger partial charge in [-0.05, 0) is 41.8 Å². The Morgan fingerprint density at radius 3 is 2.75 bits per heavy atom. The fourth-order valence-corrected chi connectivity index (χ4v) is 1.09. The summed E-state index contributed by atoms with van der Waals surface area (Å²) in [7, 11) is 0. The van der Waals surface area contributed by atoms with E-state index in [1.54, 1.807) is 0 Å². The molecule has 12 heavy (non-hydrogen) atoms. The van der Waals surface area contributed by atoms with E-state index >= 15 is 0 Å². The highest BCUT2D eigenvalue weighted by Gasteiger charge is 2.05. The number of aryl methyl sites for hydroxylation is 1. The van der Waals surface area contributed by atoms with Gasteiger partial charge in [-0.1, -0.05) is 6.92 Å². The lowest BCUT2D eigenvalue weighted by Gasteiger charge is -2.00. The van der Waals surface area contributed by atoms with Crippen molar-refractivity contribution >= 4 is 16.8 Å². The summed E-state index contributed by atoms with van der Waals surface area (Å²) in [4.78, 5) is 10.7. The topological polar surface area (TPSA) is 17.1 Å². The first-order valence-electron chi connectivity index (χ1n) is 3.63. The molecule has 0 saturated heterocycles. The van der Waals surface area contributed by atoms with E-state index in [4.69, 9.17) is 11.6 Å². The molecule has 0 bridgehead atoms. The zero-order chi connectivity index (χ0) is 9.14. The van der Waals surface area contributed by atoms with Crippen molar-refractivity contribution in [2.75, 3.05) is 0 Å². The SMILES string of the molecule is CCc1cc(C(=O)Cl)ccc1F. The molecule has 64 valence electrons. The zero-order valence-electron chi connectivity index (χ0n) is 6.60. The van der Waals surface area contributed by atoms with Gasteiger partial charge in [-0.3, -0.25) is 4.79 Å². The fourth-order valence-electron chi connectivity index (χ4n) is 0.968. The molecule has 0 amide bonds. The standard InChI is InChI=1S/C9H8ClFO/c1-2-6-5-7(9(10)12)3-4-8(6)11/h3-5H,2H2,1H3. The van der Waals surface area contributed by atoms with Crippen molar-refractivity contribution in [1.82, 2.24) is 0 Å². The molecule has 0 aliphatic heterocycles. The molecule has 0 aliphatic rings. The van der Waals surface area contributed by atoms with Gasteiger partial charge in [0.15, 0.2) is 0 Å². The summed E-state index contributed by atoms with van der Waals surface area (Å²) in [5, 5.41) is -0.551. The Morgan fingerprint density at radius 1 is 1.58 bits per heavy atom. The smallest absolute Gasteiger partial charge is 0.252 e. The minimum Gasteiger partial charge on any atom is -0.276 e. The van der Waals surface area contributed by atoms with Crippen molar-refractivity contribution in [1.29, 1.82) is 0 Å². The summed E-state index contributed by atoms with van der Waals surface area (Å²) < 4.78 is 12.9. The molecule has 1 nitrogen and oxygen atoms in total. The fraction of sp³-hybridized carbons (Fsp3) is 0.222.